The second kappa shape index (κ2) is 8.78. The summed E-state index contributed by atoms with van der Waals surface area (Å²) in [6.45, 7) is 6.67. The number of Topliss-reactive ketones (excluding diaryl/α,β-unsaturated/α-hetero) is 1. The third kappa shape index (κ3) is 4.49. The van der Waals surface area contributed by atoms with Gasteiger partial charge in [0.15, 0.2) is 5.78 Å². The van der Waals surface area contributed by atoms with Gasteiger partial charge in [-0.25, -0.2) is 4.79 Å². The topological polar surface area (TPSA) is 85.6 Å². The summed E-state index contributed by atoms with van der Waals surface area (Å²) in [5.41, 5.74) is 2.44. The summed E-state index contributed by atoms with van der Waals surface area (Å²) < 4.78 is 11.1. The second-order valence-corrected chi connectivity index (χ2v) is 7.04. The minimum Gasteiger partial charge on any atom is -0.465 e. The van der Waals surface area contributed by atoms with Crippen LogP contribution >= 0.6 is 0 Å². The van der Waals surface area contributed by atoms with Gasteiger partial charge in [0.05, 0.1) is 0 Å². The molecule has 0 saturated carbocycles. The van der Waals surface area contributed by atoms with Crippen LogP contribution in [0, 0.1) is 20.8 Å². The molecule has 1 amide bonds. The highest BCUT2D eigenvalue weighted by Gasteiger charge is 2.29. The summed E-state index contributed by atoms with van der Waals surface area (Å²) in [5.74, 6) is -0.204. The molecule has 0 saturated heterocycles. The first kappa shape index (κ1) is 21.0. The minimum atomic E-state index is -1.17. The van der Waals surface area contributed by atoms with Crippen LogP contribution in [0.1, 0.15) is 56.4 Å². The normalized spacial score (nSPS) is 11.6. The monoisotopic (exact) mass is 405 g/mol. The Balaban J connectivity index is 1.89. The number of hydrogen-bond donors (Lipinski definition) is 1. The molecule has 1 atom stereocenters. The molecule has 1 unspecified atom stereocenters. The fraction of sp³-hybridized carbons (Fsp3) is 0.208. The Labute approximate surface area is 174 Å². The van der Waals surface area contributed by atoms with E-state index in [0.717, 1.165) is 0 Å². The van der Waals surface area contributed by atoms with Crippen molar-refractivity contribution < 1.29 is 23.5 Å². The molecule has 3 aromatic rings. The average molecular weight is 405 g/mol. The van der Waals surface area contributed by atoms with E-state index < -0.39 is 18.0 Å². The third-order valence-electron chi connectivity index (χ3n) is 4.87. The van der Waals surface area contributed by atoms with Gasteiger partial charge in [0, 0.05) is 22.4 Å². The van der Waals surface area contributed by atoms with Crippen molar-refractivity contribution in [2.45, 2.75) is 33.8 Å². The number of carbonyl (C=O) groups is 3. The van der Waals surface area contributed by atoms with E-state index in [-0.39, 0.29) is 5.78 Å². The van der Waals surface area contributed by atoms with Crippen molar-refractivity contribution in [3.63, 3.8) is 0 Å². The van der Waals surface area contributed by atoms with E-state index in [0.29, 0.717) is 39.5 Å². The number of carbonyl (C=O) groups excluding carboxylic acids is 3. The number of hydrogen-bond acceptors (Lipinski definition) is 5. The number of furan rings is 1. The molecule has 6 nitrogen and oxygen atoms in total. The van der Waals surface area contributed by atoms with Crippen molar-refractivity contribution in [1.82, 2.24) is 0 Å². The van der Waals surface area contributed by atoms with Crippen LogP contribution in [0.15, 0.2) is 59.0 Å². The number of ketones is 1. The molecule has 6 heteroatoms. The first-order chi connectivity index (χ1) is 14.3. The van der Waals surface area contributed by atoms with Crippen LogP contribution in [0.4, 0.5) is 5.69 Å². The Kier molecular flexibility index (Phi) is 6.16. The lowest BCUT2D eigenvalue weighted by Gasteiger charge is -2.18. The summed E-state index contributed by atoms with van der Waals surface area (Å²) >= 11 is 0. The van der Waals surface area contributed by atoms with Gasteiger partial charge in [-0.3, -0.25) is 9.59 Å². The molecular formula is C24H23NO5. The van der Waals surface area contributed by atoms with Crippen molar-refractivity contribution in [2.24, 2.45) is 0 Å². The van der Waals surface area contributed by atoms with Crippen LogP contribution < -0.4 is 5.32 Å². The number of nitrogens with one attached hydrogen (secondary N) is 1. The number of ether oxygens (including phenoxy) is 1. The van der Waals surface area contributed by atoms with Gasteiger partial charge in [0.2, 0.25) is 6.10 Å². The molecule has 1 heterocycles. The number of esters is 1. The largest absolute Gasteiger partial charge is 0.465 e. The van der Waals surface area contributed by atoms with Gasteiger partial charge < -0.3 is 14.5 Å². The maximum Gasteiger partial charge on any atom is 0.343 e. The van der Waals surface area contributed by atoms with Gasteiger partial charge >= 0.3 is 5.97 Å². The Morgan fingerprint density at radius 3 is 2.23 bits per heavy atom. The van der Waals surface area contributed by atoms with Crippen molar-refractivity contribution >= 4 is 23.3 Å². The summed E-state index contributed by atoms with van der Waals surface area (Å²) in [5, 5.41) is 2.74. The van der Waals surface area contributed by atoms with Crippen LogP contribution in [-0.4, -0.2) is 17.7 Å². The zero-order valence-electron chi connectivity index (χ0n) is 17.3. The van der Waals surface area contributed by atoms with Crippen LogP contribution in [0.25, 0.3) is 0 Å². The lowest BCUT2D eigenvalue weighted by atomic mass is 10.1. The van der Waals surface area contributed by atoms with Gasteiger partial charge in [0.25, 0.3) is 5.91 Å². The molecule has 0 spiro atoms. The predicted octanol–water partition coefficient (Wildman–Crippen LogP) is 4.94. The highest BCUT2D eigenvalue weighted by Crippen LogP contribution is 2.26. The molecule has 0 fully saturated rings. The van der Waals surface area contributed by atoms with E-state index in [1.54, 1.807) is 69.3 Å². The molecule has 154 valence electrons. The van der Waals surface area contributed by atoms with E-state index in [4.69, 9.17) is 9.15 Å². The van der Waals surface area contributed by atoms with Crippen LogP contribution in [0.3, 0.4) is 0 Å². The molecule has 0 aliphatic carbocycles. The minimum absolute atomic E-state index is 0.113. The molecule has 0 radical (unpaired) electrons. The third-order valence-corrected chi connectivity index (χ3v) is 4.87. The van der Waals surface area contributed by atoms with E-state index in [2.05, 4.69) is 5.32 Å². The molecule has 1 aromatic heterocycles. The van der Waals surface area contributed by atoms with E-state index in [9.17, 15) is 14.4 Å². The van der Waals surface area contributed by atoms with E-state index in [1.807, 2.05) is 6.07 Å². The Morgan fingerprint density at radius 2 is 1.63 bits per heavy atom. The Bertz CT molecular complexity index is 1100. The summed E-state index contributed by atoms with van der Waals surface area (Å²) in [6.07, 6.45) is -1.17. The number of aryl methyl sites for hydroxylation is 2. The van der Waals surface area contributed by atoms with E-state index in [1.165, 1.54) is 6.92 Å². The van der Waals surface area contributed by atoms with Gasteiger partial charge in [-0.2, -0.15) is 0 Å². The van der Waals surface area contributed by atoms with Crippen molar-refractivity contribution in [3.05, 3.63) is 88.4 Å². The van der Waals surface area contributed by atoms with Crippen LogP contribution in [-0.2, 0) is 9.53 Å². The zero-order valence-corrected chi connectivity index (χ0v) is 17.3. The Morgan fingerprint density at radius 1 is 0.933 bits per heavy atom. The highest BCUT2D eigenvalue weighted by molar-refractivity contribution is 6.00. The fourth-order valence-electron chi connectivity index (χ4n) is 3.18. The van der Waals surface area contributed by atoms with Crippen molar-refractivity contribution in [1.29, 1.82) is 0 Å². The number of benzene rings is 2. The summed E-state index contributed by atoms with van der Waals surface area (Å²) in [4.78, 5) is 37.5. The summed E-state index contributed by atoms with van der Waals surface area (Å²) in [7, 11) is 0. The van der Waals surface area contributed by atoms with Crippen LogP contribution in [0.5, 0.6) is 0 Å². The Hall–Kier alpha value is -3.67. The number of amides is 1. The smallest absolute Gasteiger partial charge is 0.343 e. The van der Waals surface area contributed by atoms with Gasteiger partial charge in [-0.15, -0.1) is 0 Å². The number of rotatable bonds is 6. The maximum atomic E-state index is 13.0. The summed E-state index contributed by atoms with van der Waals surface area (Å²) in [6, 6.07) is 15.4. The van der Waals surface area contributed by atoms with Crippen molar-refractivity contribution in [2.75, 3.05) is 5.32 Å². The van der Waals surface area contributed by atoms with Gasteiger partial charge in [0.1, 0.15) is 17.1 Å². The molecule has 1 N–H and O–H groups in total. The number of anilines is 1. The SMILES string of the molecule is CC(=O)c1cccc(NC(=O)C(OC(=O)c2c(C)oc(C)c2C)c2ccccc2)c1. The average Bonchev–Trinajstić information content (AvgIpc) is 2.98. The highest BCUT2D eigenvalue weighted by atomic mass is 16.5. The van der Waals surface area contributed by atoms with E-state index >= 15 is 0 Å². The molecule has 30 heavy (non-hydrogen) atoms. The molecule has 0 bridgehead atoms. The molecular weight excluding hydrogens is 382 g/mol. The lowest BCUT2D eigenvalue weighted by Crippen LogP contribution is -2.26. The van der Waals surface area contributed by atoms with Gasteiger partial charge in [-0.05, 0) is 39.8 Å². The molecule has 0 aliphatic heterocycles. The zero-order chi connectivity index (χ0) is 21.8. The molecule has 3 rings (SSSR count). The predicted molar refractivity (Wildman–Crippen MR) is 113 cm³/mol. The van der Waals surface area contributed by atoms with Gasteiger partial charge in [-0.1, -0.05) is 42.5 Å². The van der Waals surface area contributed by atoms with Crippen molar-refractivity contribution in [3.8, 4) is 0 Å². The lowest BCUT2D eigenvalue weighted by molar-refractivity contribution is -0.125. The molecule has 0 aliphatic rings. The first-order valence-electron chi connectivity index (χ1n) is 9.52. The maximum absolute atomic E-state index is 13.0. The second-order valence-electron chi connectivity index (χ2n) is 7.04. The van der Waals surface area contributed by atoms with Crippen LogP contribution in [0.2, 0.25) is 0 Å². The first-order valence-corrected chi connectivity index (χ1v) is 9.52. The molecule has 2 aromatic carbocycles. The standard InChI is InChI=1S/C24H23NO5/c1-14-16(3)29-17(4)21(14)24(28)30-22(18-9-6-5-7-10-18)23(27)25-20-12-8-11-19(13-20)15(2)26/h5-13,22H,1-4H3,(H,25,27). The fourth-order valence-corrected chi connectivity index (χ4v) is 3.18. The quantitative estimate of drug-likeness (QED) is 0.463.